The molecule has 1 aromatic carbocycles. The van der Waals surface area contributed by atoms with Crippen LogP contribution in [-0.2, 0) is 0 Å². The number of methoxy groups -OCH3 is 1. The molecule has 2 rings (SSSR count). The van der Waals surface area contributed by atoms with Gasteiger partial charge in [0, 0.05) is 5.39 Å². The van der Waals surface area contributed by atoms with Crippen molar-refractivity contribution in [2.24, 2.45) is 0 Å². The summed E-state index contributed by atoms with van der Waals surface area (Å²) in [4.78, 5) is 14.1. The first-order chi connectivity index (χ1) is 7.63. The highest BCUT2D eigenvalue weighted by Crippen LogP contribution is 2.30. The SMILES string of the molecule is COc1ccc2ncc([N+](=O)[O-])c(N)c2c1. The summed E-state index contributed by atoms with van der Waals surface area (Å²) in [6, 6.07) is 5.06. The number of aromatic nitrogens is 1. The summed E-state index contributed by atoms with van der Waals surface area (Å²) in [5, 5.41) is 11.2. The highest BCUT2D eigenvalue weighted by Gasteiger charge is 2.15. The van der Waals surface area contributed by atoms with E-state index in [2.05, 4.69) is 4.98 Å². The van der Waals surface area contributed by atoms with E-state index in [1.54, 1.807) is 18.2 Å². The lowest BCUT2D eigenvalue weighted by molar-refractivity contribution is -0.384. The lowest BCUT2D eigenvalue weighted by Crippen LogP contribution is -1.98. The van der Waals surface area contributed by atoms with E-state index in [0.29, 0.717) is 16.7 Å². The Hall–Kier alpha value is -2.37. The Morgan fingerprint density at radius 1 is 1.50 bits per heavy atom. The van der Waals surface area contributed by atoms with Crippen molar-refractivity contribution < 1.29 is 9.66 Å². The fraction of sp³-hybridized carbons (Fsp3) is 0.100. The van der Waals surface area contributed by atoms with Gasteiger partial charge in [-0.05, 0) is 18.2 Å². The van der Waals surface area contributed by atoms with Crippen LogP contribution < -0.4 is 10.5 Å². The van der Waals surface area contributed by atoms with Crippen molar-refractivity contribution in [3.05, 3.63) is 34.5 Å². The molecule has 0 radical (unpaired) electrons. The van der Waals surface area contributed by atoms with Crippen molar-refractivity contribution in [1.29, 1.82) is 0 Å². The summed E-state index contributed by atoms with van der Waals surface area (Å²) >= 11 is 0. The molecule has 0 atom stereocenters. The van der Waals surface area contributed by atoms with E-state index >= 15 is 0 Å². The summed E-state index contributed by atoms with van der Waals surface area (Å²) in [6.45, 7) is 0. The van der Waals surface area contributed by atoms with Crippen LogP contribution in [-0.4, -0.2) is 17.0 Å². The van der Waals surface area contributed by atoms with E-state index in [-0.39, 0.29) is 11.4 Å². The zero-order valence-electron chi connectivity index (χ0n) is 8.51. The van der Waals surface area contributed by atoms with E-state index in [1.165, 1.54) is 7.11 Å². The predicted molar refractivity (Wildman–Crippen MR) is 59.4 cm³/mol. The van der Waals surface area contributed by atoms with E-state index in [0.717, 1.165) is 6.20 Å². The smallest absolute Gasteiger partial charge is 0.310 e. The van der Waals surface area contributed by atoms with E-state index in [9.17, 15) is 10.1 Å². The Morgan fingerprint density at radius 3 is 2.88 bits per heavy atom. The highest BCUT2D eigenvalue weighted by atomic mass is 16.6. The Balaban J connectivity index is 2.75. The van der Waals surface area contributed by atoms with Gasteiger partial charge in [-0.1, -0.05) is 0 Å². The first-order valence-electron chi connectivity index (χ1n) is 4.50. The lowest BCUT2D eigenvalue weighted by atomic mass is 10.1. The Bertz CT molecular complexity index is 568. The number of nitrogen functional groups attached to an aromatic ring is 1. The molecule has 0 saturated heterocycles. The number of rotatable bonds is 2. The van der Waals surface area contributed by atoms with Gasteiger partial charge in [0.2, 0.25) is 0 Å². The van der Waals surface area contributed by atoms with Crippen LogP contribution in [0.2, 0.25) is 0 Å². The second kappa shape index (κ2) is 3.65. The van der Waals surface area contributed by atoms with Gasteiger partial charge < -0.3 is 10.5 Å². The van der Waals surface area contributed by atoms with Gasteiger partial charge in [0.25, 0.3) is 0 Å². The van der Waals surface area contributed by atoms with Gasteiger partial charge in [0.15, 0.2) is 0 Å². The average molecular weight is 219 g/mol. The topological polar surface area (TPSA) is 91.3 Å². The van der Waals surface area contributed by atoms with Crippen molar-refractivity contribution in [2.75, 3.05) is 12.8 Å². The number of fused-ring (bicyclic) bond motifs is 1. The number of benzene rings is 1. The highest BCUT2D eigenvalue weighted by molar-refractivity contribution is 5.95. The van der Waals surface area contributed by atoms with E-state index < -0.39 is 4.92 Å². The van der Waals surface area contributed by atoms with Gasteiger partial charge in [-0.25, -0.2) is 4.98 Å². The van der Waals surface area contributed by atoms with Crippen molar-refractivity contribution in [1.82, 2.24) is 4.98 Å². The van der Waals surface area contributed by atoms with Gasteiger partial charge >= 0.3 is 5.69 Å². The van der Waals surface area contributed by atoms with Crippen LogP contribution >= 0.6 is 0 Å². The predicted octanol–water partition coefficient (Wildman–Crippen LogP) is 1.73. The molecular weight excluding hydrogens is 210 g/mol. The second-order valence-corrected chi connectivity index (χ2v) is 3.20. The summed E-state index contributed by atoms with van der Waals surface area (Å²) in [7, 11) is 1.52. The van der Waals surface area contributed by atoms with E-state index in [4.69, 9.17) is 10.5 Å². The van der Waals surface area contributed by atoms with Gasteiger partial charge in [0.05, 0.1) is 17.5 Å². The van der Waals surface area contributed by atoms with Crippen molar-refractivity contribution in [3.63, 3.8) is 0 Å². The molecule has 0 aliphatic rings. The van der Waals surface area contributed by atoms with Crippen molar-refractivity contribution >= 4 is 22.3 Å². The first-order valence-corrected chi connectivity index (χ1v) is 4.50. The average Bonchev–Trinajstić information content (AvgIpc) is 2.28. The van der Waals surface area contributed by atoms with Crippen LogP contribution in [0.25, 0.3) is 10.9 Å². The number of pyridine rings is 1. The monoisotopic (exact) mass is 219 g/mol. The molecule has 0 aliphatic heterocycles. The van der Waals surface area contributed by atoms with Crippen LogP contribution in [0.5, 0.6) is 5.75 Å². The van der Waals surface area contributed by atoms with Crippen LogP contribution in [0, 0.1) is 10.1 Å². The Morgan fingerprint density at radius 2 is 2.25 bits per heavy atom. The molecule has 6 nitrogen and oxygen atoms in total. The minimum absolute atomic E-state index is 0.105. The molecule has 0 fully saturated rings. The minimum Gasteiger partial charge on any atom is -0.497 e. The molecule has 16 heavy (non-hydrogen) atoms. The maximum Gasteiger partial charge on any atom is 0.310 e. The molecule has 1 aromatic heterocycles. The summed E-state index contributed by atoms with van der Waals surface area (Å²) in [5.74, 6) is 0.585. The zero-order chi connectivity index (χ0) is 11.7. The fourth-order valence-corrected chi connectivity index (χ4v) is 1.45. The number of anilines is 1. The van der Waals surface area contributed by atoms with Gasteiger partial charge in [-0.3, -0.25) is 10.1 Å². The summed E-state index contributed by atoms with van der Waals surface area (Å²) in [6.07, 6.45) is 1.16. The molecule has 82 valence electrons. The largest absolute Gasteiger partial charge is 0.497 e. The van der Waals surface area contributed by atoms with Crippen molar-refractivity contribution in [3.8, 4) is 5.75 Å². The maximum atomic E-state index is 10.7. The normalized spacial score (nSPS) is 10.3. The maximum absolute atomic E-state index is 10.7. The molecule has 0 aliphatic carbocycles. The minimum atomic E-state index is -0.554. The number of nitro groups is 1. The molecule has 0 unspecified atom stereocenters. The van der Waals surface area contributed by atoms with Crippen LogP contribution in [0.4, 0.5) is 11.4 Å². The molecule has 2 N–H and O–H groups in total. The number of nitrogens with zero attached hydrogens (tertiary/aromatic N) is 2. The number of nitrogens with two attached hydrogens (primary N) is 1. The Kier molecular flexibility index (Phi) is 2.32. The Labute approximate surface area is 90.8 Å². The van der Waals surface area contributed by atoms with Crippen LogP contribution in [0.15, 0.2) is 24.4 Å². The lowest BCUT2D eigenvalue weighted by Gasteiger charge is -2.04. The standard InChI is InChI=1S/C10H9N3O3/c1-16-6-2-3-8-7(4-6)10(11)9(5-12-8)13(14)15/h2-5H,1H3,(H2,11,12). The fourth-order valence-electron chi connectivity index (χ4n) is 1.45. The molecule has 0 saturated carbocycles. The third kappa shape index (κ3) is 1.50. The van der Waals surface area contributed by atoms with Crippen LogP contribution in [0.3, 0.4) is 0 Å². The molecule has 2 aromatic rings. The molecule has 0 amide bonds. The van der Waals surface area contributed by atoms with Crippen molar-refractivity contribution in [2.45, 2.75) is 0 Å². The van der Waals surface area contributed by atoms with Crippen LogP contribution in [0.1, 0.15) is 0 Å². The zero-order valence-corrected chi connectivity index (χ0v) is 8.51. The van der Waals surface area contributed by atoms with Gasteiger partial charge in [0.1, 0.15) is 17.6 Å². The molecule has 1 heterocycles. The number of ether oxygens (including phenoxy) is 1. The molecule has 0 bridgehead atoms. The third-order valence-corrected chi connectivity index (χ3v) is 2.29. The quantitative estimate of drug-likeness (QED) is 0.613. The van der Waals surface area contributed by atoms with Gasteiger partial charge in [-0.15, -0.1) is 0 Å². The first kappa shape index (κ1) is 10.2. The number of hydrogen-bond acceptors (Lipinski definition) is 5. The summed E-state index contributed by atoms with van der Waals surface area (Å²) < 4.78 is 5.02. The molecular formula is C10H9N3O3. The number of hydrogen-bond donors (Lipinski definition) is 1. The van der Waals surface area contributed by atoms with E-state index in [1.807, 2.05) is 0 Å². The second-order valence-electron chi connectivity index (χ2n) is 3.20. The molecule has 0 spiro atoms. The van der Waals surface area contributed by atoms with Gasteiger partial charge in [-0.2, -0.15) is 0 Å². The molecule has 6 heteroatoms. The summed E-state index contributed by atoms with van der Waals surface area (Å²) in [5.41, 5.74) is 6.22. The third-order valence-electron chi connectivity index (χ3n) is 2.29.